The smallest absolute Gasteiger partial charge is 0.309 e. The molecular formula is C13H13N3O3. The van der Waals surface area contributed by atoms with Crippen LogP contribution >= 0.6 is 0 Å². The van der Waals surface area contributed by atoms with Crippen molar-refractivity contribution in [1.29, 1.82) is 0 Å². The summed E-state index contributed by atoms with van der Waals surface area (Å²) in [7, 11) is 0. The van der Waals surface area contributed by atoms with Crippen LogP contribution in [0, 0.1) is 5.92 Å². The van der Waals surface area contributed by atoms with E-state index in [0.717, 1.165) is 5.56 Å². The van der Waals surface area contributed by atoms with Crippen LogP contribution in [0.3, 0.4) is 0 Å². The Kier molecular flexibility index (Phi) is 3.00. The number of nitrogens with zero attached hydrogens (tertiary/aromatic N) is 3. The van der Waals surface area contributed by atoms with Gasteiger partial charge in [0.2, 0.25) is 12.3 Å². The van der Waals surface area contributed by atoms with Crippen molar-refractivity contribution in [2.45, 2.75) is 12.6 Å². The highest BCUT2D eigenvalue weighted by molar-refractivity contribution is 5.72. The van der Waals surface area contributed by atoms with Gasteiger partial charge in [0.1, 0.15) is 6.04 Å². The van der Waals surface area contributed by atoms with E-state index in [2.05, 4.69) is 10.2 Å². The molecule has 98 valence electrons. The number of benzene rings is 1. The number of aliphatic carboxylic acids is 1. The summed E-state index contributed by atoms with van der Waals surface area (Å²) in [6, 6.07) is 9.57. The van der Waals surface area contributed by atoms with Gasteiger partial charge < -0.3 is 9.52 Å². The van der Waals surface area contributed by atoms with Crippen molar-refractivity contribution in [2.24, 2.45) is 5.92 Å². The lowest BCUT2D eigenvalue weighted by molar-refractivity contribution is -0.154. The maximum atomic E-state index is 11.2. The molecule has 1 aliphatic heterocycles. The summed E-state index contributed by atoms with van der Waals surface area (Å²) >= 11 is 0. The van der Waals surface area contributed by atoms with Crippen molar-refractivity contribution in [3.63, 3.8) is 0 Å². The molecule has 6 nitrogen and oxygen atoms in total. The van der Waals surface area contributed by atoms with Crippen LogP contribution in [0.4, 0.5) is 0 Å². The van der Waals surface area contributed by atoms with E-state index in [-0.39, 0.29) is 6.04 Å². The van der Waals surface area contributed by atoms with Crippen molar-refractivity contribution >= 4 is 5.97 Å². The third-order valence-corrected chi connectivity index (χ3v) is 3.38. The Balaban J connectivity index is 1.78. The van der Waals surface area contributed by atoms with E-state index in [0.29, 0.717) is 19.0 Å². The van der Waals surface area contributed by atoms with Crippen LogP contribution in [0.2, 0.25) is 0 Å². The topological polar surface area (TPSA) is 79.5 Å². The highest BCUT2D eigenvalue weighted by Crippen LogP contribution is 2.38. The molecule has 3 rings (SSSR count). The van der Waals surface area contributed by atoms with Crippen molar-refractivity contribution < 1.29 is 14.3 Å². The number of rotatable bonds is 4. The predicted molar refractivity (Wildman–Crippen MR) is 65.0 cm³/mol. The second-order valence-corrected chi connectivity index (χ2v) is 4.58. The molecule has 0 aliphatic carbocycles. The normalized spacial score (nSPS) is 22.9. The second-order valence-electron chi connectivity index (χ2n) is 4.58. The Labute approximate surface area is 109 Å². The molecule has 1 fully saturated rings. The van der Waals surface area contributed by atoms with E-state index in [4.69, 9.17) is 9.52 Å². The molecule has 0 bridgehead atoms. The predicted octanol–water partition coefficient (Wildman–Crippen LogP) is 1.33. The first-order chi connectivity index (χ1) is 9.25. The first-order valence-corrected chi connectivity index (χ1v) is 6.02. The summed E-state index contributed by atoms with van der Waals surface area (Å²) in [6.07, 6.45) is 1.23. The Morgan fingerprint density at radius 2 is 2.21 bits per heavy atom. The summed E-state index contributed by atoms with van der Waals surface area (Å²) in [5.74, 6) is -0.939. The monoisotopic (exact) mass is 259 g/mol. The average Bonchev–Trinajstić information content (AvgIpc) is 2.88. The largest absolute Gasteiger partial charge is 0.481 e. The molecule has 0 amide bonds. The number of hydrogen-bond donors (Lipinski definition) is 1. The van der Waals surface area contributed by atoms with Crippen LogP contribution in [0.1, 0.15) is 17.5 Å². The highest BCUT2D eigenvalue weighted by Gasteiger charge is 2.47. The minimum Gasteiger partial charge on any atom is -0.481 e. The molecular weight excluding hydrogens is 246 g/mol. The summed E-state index contributed by atoms with van der Waals surface area (Å²) in [4.78, 5) is 13.2. The number of carboxylic acids is 1. The maximum Gasteiger partial charge on any atom is 0.309 e. The van der Waals surface area contributed by atoms with Crippen molar-refractivity contribution in [3.8, 4) is 0 Å². The van der Waals surface area contributed by atoms with Gasteiger partial charge in [-0.2, -0.15) is 0 Å². The Hall–Kier alpha value is -2.21. The van der Waals surface area contributed by atoms with Gasteiger partial charge in [-0.25, -0.2) is 0 Å². The van der Waals surface area contributed by atoms with E-state index in [9.17, 15) is 4.79 Å². The van der Waals surface area contributed by atoms with E-state index in [1.54, 1.807) is 0 Å². The summed E-state index contributed by atoms with van der Waals surface area (Å²) in [6.45, 7) is 1.18. The van der Waals surface area contributed by atoms with Gasteiger partial charge in [0.25, 0.3) is 0 Å². The SMILES string of the molecule is O=C(O)C1CN(Cc2ccccc2)C1c1nnco1. The van der Waals surface area contributed by atoms with E-state index >= 15 is 0 Å². The van der Waals surface area contributed by atoms with Gasteiger partial charge in [-0.1, -0.05) is 30.3 Å². The molecule has 2 aromatic rings. The number of aromatic nitrogens is 2. The summed E-state index contributed by atoms with van der Waals surface area (Å²) < 4.78 is 5.16. The third-order valence-electron chi connectivity index (χ3n) is 3.38. The highest BCUT2D eigenvalue weighted by atomic mass is 16.4. The van der Waals surface area contributed by atoms with Crippen LogP contribution in [-0.4, -0.2) is 32.7 Å². The zero-order valence-corrected chi connectivity index (χ0v) is 10.1. The van der Waals surface area contributed by atoms with E-state index in [1.807, 2.05) is 35.2 Å². The van der Waals surface area contributed by atoms with Gasteiger partial charge in [-0.3, -0.25) is 9.69 Å². The van der Waals surface area contributed by atoms with Crippen LogP contribution in [0.5, 0.6) is 0 Å². The van der Waals surface area contributed by atoms with Crippen LogP contribution in [0.25, 0.3) is 0 Å². The second kappa shape index (κ2) is 4.81. The van der Waals surface area contributed by atoms with Gasteiger partial charge in [0.05, 0.1) is 5.92 Å². The molecule has 6 heteroatoms. The summed E-state index contributed by atoms with van der Waals surface area (Å²) in [5.41, 5.74) is 1.14. The molecule has 1 aliphatic rings. The zero-order valence-electron chi connectivity index (χ0n) is 10.1. The maximum absolute atomic E-state index is 11.2. The number of carboxylic acid groups (broad SMARTS) is 1. The fourth-order valence-corrected chi connectivity index (χ4v) is 2.42. The van der Waals surface area contributed by atoms with Crippen LogP contribution in [0.15, 0.2) is 41.1 Å². The molecule has 0 spiro atoms. The van der Waals surface area contributed by atoms with E-state index in [1.165, 1.54) is 6.39 Å². The molecule has 1 saturated heterocycles. The lowest BCUT2D eigenvalue weighted by Gasteiger charge is -2.43. The molecule has 2 heterocycles. The molecule has 2 atom stereocenters. The Morgan fingerprint density at radius 3 is 2.84 bits per heavy atom. The molecule has 1 aromatic carbocycles. The molecule has 0 radical (unpaired) electrons. The fourth-order valence-electron chi connectivity index (χ4n) is 2.42. The van der Waals surface area contributed by atoms with Gasteiger partial charge in [-0.15, -0.1) is 10.2 Å². The van der Waals surface area contributed by atoms with Crippen molar-refractivity contribution in [3.05, 3.63) is 48.2 Å². The van der Waals surface area contributed by atoms with Gasteiger partial charge >= 0.3 is 5.97 Å². The minimum atomic E-state index is -0.826. The van der Waals surface area contributed by atoms with Gasteiger partial charge in [0.15, 0.2) is 0 Å². The minimum absolute atomic E-state index is 0.333. The van der Waals surface area contributed by atoms with Crippen molar-refractivity contribution in [1.82, 2.24) is 15.1 Å². The first kappa shape index (κ1) is 11.9. The Morgan fingerprint density at radius 1 is 1.42 bits per heavy atom. The number of hydrogen-bond acceptors (Lipinski definition) is 5. The quantitative estimate of drug-likeness (QED) is 0.892. The first-order valence-electron chi connectivity index (χ1n) is 6.02. The molecule has 1 N–H and O–H groups in total. The number of carbonyl (C=O) groups is 1. The zero-order chi connectivity index (χ0) is 13.2. The fraction of sp³-hybridized carbons (Fsp3) is 0.308. The molecule has 1 aromatic heterocycles. The van der Waals surface area contributed by atoms with Gasteiger partial charge in [0, 0.05) is 13.1 Å². The van der Waals surface area contributed by atoms with Gasteiger partial charge in [-0.05, 0) is 5.56 Å². The standard InChI is InChI=1S/C13H13N3O3/c17-13(18)10-7-16(6-9-4-2-1-3-5-9)11(10)12-15-14-8-19-12/h1-5,8,10-11H,6-7H2,(H,17,18). The van der Waals surface area contributed by atoms with Crippen LogP contribution < -0.4 is 0 Å². The van der Waals surface area contributed by atoms with E-state index < -0.39 is 11.9 Å². The lowest BCUT2D eigenvalue weighted by Crippen LogP contribution is -2.52. The third kappa shape index (κ3) is 2.22. The summed E-state index contributed by atoms with van der Waals surface area (Å²) in [5, 5.41) is 16.6. The molecule has 19 heavy (non-hydrogen) atoms. The van der Waals surface area contributed by atoms with Crippen LogP contribution in [-0.2, 0) is 11.3 Å². The lowest BCUT2D eigenvalue weighted by atomic mass is 9.88. The molecule has 0 saturated carbocycles. The molecule has 2 unspecified atom stereocenters. The number of likely N-dealkylation sites (tertiary alicyclic amines) is 1. The Bertz CT molecular complexity index is 556. The average molecular weight is 259 g/mol. The van der Waals surface area contributed by atoms with Crippen molar-refractivity contribution in [2.75, 3.05) is 6.54 Å².